The number of anilines is 2. The zero-order valence-electron chi connectivity index (χ0n) is 16.7. The van der Waals surface area contributed by atoms with E-state index in [1.807, 2.05) is 19.2 Å². The van der Waals surface area contributed by atoms with Gasteiger partial charge in [-0.25, -0.2) is 4.98 Å². The zero-order chi connectivity index (χ0) is 20.5. The molecule has 1 aliphatic carbocycles. The molecule has 0 radical (unpaired) electrons. The Bertz CT molecular complexity index is 1250. The molecular formula is C22H22N6O2. The predicted octanol–water partition coefficient (Wildman–Crippen LogP) is 2.95. The average molecular weight is 402 g/mol. The van der Waals surface area contributed by atoms with Crippen molar-refractivity contribution < 1.29 is 4.79 Å². The number of nitrogens with zero attached hydrogens (tertiary/aromatic N) is 3. The summed E-state index contributed by atoms with van der Waals surface area (Å²) in [6.45, 7) is 1.95. The van der Waals surface area contributed by atoms with Crippen LogP contribution in [0.3, 0.4) is 0 Å². The van der Waals surface area contributed by atoms with Gasteiger partial charge in [-0.3, -0.25) is 19.1 Å². The highest BCUT2D eigenvalue weighted by Gasteiger charge is 2.46. The van der Waals surface area contributed by atoms with Crippen molar-refractivity contribution in [2.45, 2.75) is 51.1 Å². The number of carbonyl (C=O) groups is 1. The second kappa shape index (κ2) is 6.04. The topological polar surface area (TPSA) is 105 Å². The van der Waals surface area contributed by atoms with E-state index < -0.39 is 5.66 Å². The highest BCUT2D eigenvalue weighted by molar-refractivity contribution is 5.98. The Balaban J connectivity index is 1.51. The van der Waals surface area contributed by atoms with Crippen LogP contribution in [0.4, 0.5) is 11.4 Å². The van der Waals surface area contributed by atoms with Gasteiger partial charge in [0.1, 0.15) is 22.7 Å². The van der Waals surface area contributed by atoms with E-state index in [9.17, 15) is 9.59 Å². The van der Waals surface area contributed by atoms with Crippen LogP contribution in [0.5, 0.6) is 0 Å². The Morgan fingerprint density at radius 1 is 1.13 bits per heavy atom. The molecule has 0 bridgehead atoms. The Hall–Kier alpha value is -3.42. The smallest absolute Gasteiger partial charge is 0.277 e. The first-order chi connectivity index (χ1) is 14.6. The highest BCUT2D eigenvalue weighted by atomic mass is 16.2. The summed E-state index contributed by atoms with van der Waals surface area (Å²) in [4.78, 5) is 38.4. The summed E-state index contributed by atoms with van der Waals surface area (Å²) in [5.41, 5.74) is 4.72. The van der Waals surface area contributed by atoms with Gasteiger partial charge in [-0.2, -0.15) is 0 Å². The zero-order valence-corrected chi connectivity index (χ0v) is 16.7. The SMILES string of the molecule is Cc1c2c(c(=O)n3c1C(=O)NC31CCCCC1)Nc1cc(-c3ncc[nH]3)ncc1C2. The number of rotatable bonds is 1. The number of hydrogen-bond donors (Lipinski definition) is 3. The molecule has 0 unspecified atom stereocenters. The Labute approximate surface area is 172 Å². The largest absolute Gasteiger partial charge is 0.350 e. The number of pyridine rings is 2. The first-order valence-electron chi connectivity index (χ1n) is 10.4. The summed E-state index contributed by atoms with van der Waals surface area (Å²) < 4.78 is 1.75. The summed E-state index contributed by atoms with van der Waals surface area (Å²) in [6, 6.07) is 1.92. The normalized spacial score (nSPS) is 18.4. The molecule has 3 aliphatic rings. The van der Waals surface area contributed by atoms with E-state index in [-0.39, 0.29) is 11.5 Å². The third-order valence-electron chi connectivity index (χ3n) is 6.77. The number of H-pyrrole nitrogens is 1. The second-order valence-electron chi connectivity index (χ2n) is 8.48. The molecule has 0 saturated heterocycles. The van der Waals surface area contributed by atoms with Gasteiger partial charge in [0.25, 0.3) is 11.5 Å². The van der Waals surface area contributed by atoms with Crippen LogP contribution in [-0.2, 0) is 12.1 Å². The second-order valence-corrected chi connectivity index (χ2v) is 8.48. The van der Waals surface area contributed by atoms with Crippen molar-refractivity contribution in [3.8, 4) is 11.5 Å². The molecule has 3 N–H and O–H groups in total. The molecule has 152 valence electrons. The van der Waals surface area contributed by atoms with Crippen LogP contribution in [0.25, 0.3) is 11.5 Å². The van der Waals surface area contributed by atoms with Gasteiger partial charge in [-0.05, 0) is 55.4 Å². The summed E-state index contributed by atoms with van der Waals surface area (Å²) in [7, 11) is 0. The molecule has 8 nitrogen and oxygen atoms in total. The van der Waals surface area contributed by atoms with Crippen molar-refractivity contribution in [3.63, 3.8) is 0 Å². The minimum Gasteiger partial charge on any atom is -0.350 e. The molecule has 3 aromatic heterocycles. The Morgan fingerprint density at radius 2 is 1.97 bits per heavy atom. The van der Waals surface area contributed by atoms with Gasteiger partial charge in [0.2, 0.25) is 0 Å². The van der Waals surface area contributed by atoms with Crippen molar-refractivity contribution in [1.82, 2.24) is 24.8 Å². The molecular weight excluding hydrogens is 380 g/mol. The summed E-state index contributed by atoms with van der Waals surface area (Å²) in [6.07, 6.45) is 10.6. The number of imidazole rings is 1. The van der Waals surface area contributed by atoms with Gasteiger partial charge in [-0.1, -0.05) is 6.42 Å². The number of amides is 1. The third-order valence-corrected chi connectivity index (χ3v) is 6.77. The van der Waals surface area contributed by atoms with Gasteiger partial charge in [0.15, 0.2) is 5.82 Å². The molecule has 0 atom stereocenters. The van der Waals surface area contributed by atoms with Crippen LogP contribution in [0, 0.1) is 6.92 Å². The van der Waals surface area contributed by atoms with Crippen molar-refractivity contribution in [1.29, 1.82) is 0 Å². The maximum absolute atomic E-state index is 13.7. The van der Waals surface area contributed by atoms with Crippen LogP contribution in [0.2, 0.25) is 0 Å². The molecule has 5 heterocycles. The van der Waals surface area contributed by atoms with Gasteiger partial charge in [-0.15, -0.1) is 0 Å². The molecule has 1 saturated carbocycles. The number of carbonyl (C=O) groups excluding carboxylic acids is 1. The van der Waals surface area contributed by atoms with Crippen molar-refractivity contribution >= 4 is 17.3 Å². The standard InChI is InChI=1S/C22H22N6O2/c1-12-14-9-13-11-25-16(19-23-7-8-24-19)10-15(13)26-17(14)21(30)28-18(12)20(29)27-22(28)5-3-2-4-6-22/h7-8,10-11,26H,2-6,9H2,1H3,(H,23,24)(H,27,29). The maximum atomic E-state index is 13.7. The van der Waals surface area contributed by atoms with E-state index in [0.29, 0.717) is 29.3 Å². The predicted molar refractivity (Wildman–Crippen MR) is 112 cm³/mol. The quantitative estimate of drug-likeness (QED) is 0.454. The third kappa shape index (κ3) is 2.27. The molecule has 6 rings (SSSR count). The van der Waals surface area contributed by atoms with Gasteiger partial charge in [0, 0.05) is 30.7 Å². The maximum Gasteiger partial charge on any atom is 0.277 e. The minimum absolute atomic E-state index is 0.118. The minimum atomic E-state index is -0.582. The molecule has 1 spiro atoms. The first kappa shape index (κ1) is 17.4. The summed E-state index contributed by atoms with van der Waals surface area (Å²) in [5.74, 6) is 0.551. The summed E-state index contributed by atoms with van der Waals surface area (Å²) in [5, 5.41) is 6.52. The van der Waals surface area contributed by atoms with E-state index in [2.05, 4.69) is 25.6 Å². The van der Waals surface area contributed by atoms with Gasteiger partial charge in [0.05, 0.1) is 0 Å². The number of nitrogens with one attached hydrogen (secondary N) is 3. The van der Waals surface area contributed by atoms with E-state index in [1.165, 1.54) is 0 Å². The summed E-state index contributed by atoms with van der Waals surface area (Å²) >= 11 is 0. The molecule has 1 fully saturated rings. The first-order valence-corrected chi connectivity index (χ1v) is 10.4. The number of hydrogen-bond acceptors (Lipinski definition) is 5. The fourth-order valence-electron chi connectivity index (χ4n) is 5.28. The number of aromatic nitrogens is 4. The average Bonchev–Trinajstić information content (AvgIpc) is 3.38. The van der Waals surface area contributed by atoms with Gasteiger partial charge < -0.3 is 15.6 Å². The van der Waals surface area contributed by atoms with Crippen molar-refractivity contribution in [3.05, 3.63) is 57.4 Å². The molecule has 30 heavy (non-hydrogen) atoms. The van der Waals surface area contributed by atoms with Crippen molar-refractivity contribution in [2.75, 3.05) is 5.32 Å². The van der Waals surface area contributed by atoms with E-state index >= 15 is 0 Å². The fourth-order valence-corrected chi connectivity index (χ4v) is 5.28. The van der Waals surface area contributed by atoms with Crippen LogP contribution < -0.4 is 16.2 Å². The van der Waals surface area contributed by atoms with Crippen LogP contribution >= 0.6 is 0 Å². The van der Waals surface area contributed by atoms with E-state index in [1.54, 1.807) is 17.0 Å². The number of fused-ring (bicyclic) bond motifs is 4. The number of aromatic amines is 1. The highest BCUT2D eigenvalue weighted by Crippen LogP contribution is 2.41. The van der Waals surface area contributed by atoms with Crippen LogP contribution in [0.1, 0.15) is 59.3 Å². The Kier molecular flexibility index (Phi) is 3.51. The lowest BCUT2D eigenvalue weighted by Gasteiger charge is -2.36. The fraction of sp³-hybridized carbons (Fsp3) is 0.364. The Morgan fingerprint density at radius 3 is 2.73 bits per heavy atom. The van der Waals surface area contributed by atoms with Crippen molar-refractivity contribution in [2.24, 2.45) is 0 Å². The van der Waals surface area contributed by atoms with Crippen LogP contribution in [-0.4, -0.2) is 25.4 Å². The lowest BCUT2D eigenvalue weighted by atomic mass is 9.88. The van der Waals surface area contributed by atoms with E-state index in [0.717, 1.165) is 54.5 Å². The van der Waals surface area contributed by atoms with E-state index in [4.69, 9.17) is 0 Å². The lowest BCUT2D eigenvalue weighted by molar-refractivity contribution is 0.0876. The van der Waals surface area contributed by atoms with Crippen LogP contribution in [0.15, 0.2) is 29.5 Å². The molecule has 2 aliphatic heterocycles. The van der Waals surface area contributed by atoms with Gasteiger partial charge >= 0.3 is 0 Å². The monoisotopic (exact) mass is 402 g/mol. The lowest BCUT2D eigenvalue weighted by Crippen LogP contribution is -2.49. The molecule has 3 aromatic rings. The molecule has 8 heteroatoms. The molecule has 0 aromatic carbocycles. The molecule has 1 amide bonds.